The minimum Gasteiger partial charge on any atom is -0.413 e. The second kappa shape index (κ2) is 13.0. The van der Waals surface area contributed by atoms with E-state index >= 15 is 0 Å². The van der Waals surface area contributed by atoms with E-state index in [2.05, 4.69) is 90.6 Å². The van der Waals surface area contributed by atoms with Crippen LogP contribution in [0, 0.1) is 5.92 Å². The number of halogens is 1. The fourth-order valence-corrected chi connectivity index (χ4v) is 8.82. The minimum absolute atomic E-state index is 0.000718. The Hall–Kier alpha value is 0.234. The molecule has 0 spiro atoms. The van der Waals surface area contributed by atoms with Crippen molar-refractivity contribution in [2.75, 3.05) is 6.61 Å². The van der Waals surface area contributed by atoms with Crippen LogP contribution < -0.4 is 0 Å². The van der Waals surface area contributed by atoms with Crippen LogP contribution in [0.2, 0.25) is 36.3 Å². The third-order valence-electron chi connectivity index (χ3n) is 8.08. The first-order chi connectivity index (χ1) is 15.2. The Labute approximate surface area is 214 Å². The Kier molecular flexibility index (Phi) is 12.3. The molecule has 33 heavy (non-hydrogen) atoms. The first-order valence-electron chi connectivity index (χ1n) is 12.8. The van der Waals surface area contributed by atoms with Gasteiger partial charge in [0.05, 0.1) is 18.3 Å². The quantitative estimate of drug-likeness (QED) is 0.118. The highest BCUT2D eigenvalue weighted by molar-refractivity contribution is 9.11. The third kappa shape index (κ3) is 8.99. The minimum atomic E-state index is -1.98. The lowest BCUT2D eigenvalue weighted by molar-refractivity contribution is 0.100. The first kappa shape index (κ1) is 31.3. The van der Waals surface area contributed by atoms with Gasteiger partial charge in [-0.25, -0.2) is 0 Å². The first-order valence-corrected chi connectivity index (χ1v) is 19.0. The van der Waals surface area contributed by atoms with Gasteiger partial charge in [0.1, 0.15) is 6.10 Å². The molecule has 0 aliphatic carbocycles. The van der Waals surface area contributed by atoms with E-state index in [-0.39, 0.29) is 42.0 Å². The molecule has 0 radical (unpaired) electrons. The monoisotopic (exact) mass is 562 g/mol. The summed E-state index contributed by atoms with van der Waals surface area (Å²) in [7, 11) is -3.76. The number of epoxide rings is 1. The molecule has 0 aromatic heterocycles. The summed E-state index contributed by atoms with van der Waals surface area (Å²) in [5.41, 5.74) is 1.13. The van der Waals surface area contributed by atoms with Crippen molar-refractivity contribution in [2.24, 2.45) is 5.92 Å². The highest BCUT2D eigenvalue weighted by Gasteiger charge is 2.49. The molecule has 0 bridgehead atoms. The molecule has 1 aliphatic rings. The van der Waals surface area contributed by atoms with Crippen molar-refractivity contribution in [3.63, 3.8) is 0 Å². The number of hydrogen-bond donors (Lipinski definition) is 1. The zero-order valence-electron chi connectivity index (χ0n) is 22.8. The predicted octanol–water partition coefficient (Wildman–Crippen LogP) is 7.80. The average molecular weight is 564 g/mol. The van der Waals surface area contributed by atoms with Gasteiger partial charge in [0.15, 0.2) is 16.6 Å². The van der Waals surface area contributed by atoms with Gasteiger partial charge in [-0.1, -0.05) is 83.1 Å². The lowest BCUT2D eigenvalue weighted by Crippen LogP contribution is -2.46. The zero-order chi connectivity index (χ0) is 25.6. The van der Waals surface area contributed by atoms with Crippen LogP contribution in [0.3, 0.4) is 0 Å². The molecule has 4 nitrogen and oxygen atoms in total. The van der Waals surface area contributed by atoms with Crippen LogP contribution in [0.1, 0.15) is 67.7 Å². The van der Waals surface area contributed by atoms with Crippen LogP contribution in [0.15, 0.2) is 23.2 Å². The smallest absolute Gasteiger partial charge is 0.192 e. The molecule has 1 saturated heterocycles. The van der Waals surface area contributed by atoms with Crippen molar-refractivity contribution in [1.29, 1.82) is 0 Å². The number of aliphatic hydroxyl groups excluding tert-OH is 1. The summed E-state index contributed by atoms with van der Waals surface area (Å²) in [6.07, 6.45) is 2.42. The van der Waals surface area contributed by atoms with E-state index in [9.17, 15) is 5.11 Å². The van der Waals surface area contributed by atoms with E-state index in [0.717, 1.165) is 41.0 Å². The van der Waals surface area contributed by atoms with Gasteiger partial charge in [-0.2, -0.15) is 0 Å². The number of aliphatic hydroxyl groups is 1. The molecule has 0 aromatic rings. The summed E-state index contributed by atoms with van der Waals surface area (Å²) < 4.78 is 20.8. The molecule has 0 aromatic carbocycles. The van der Waals surface area contributed by atoms with Crippen molar-refractivity contribution in [1.82, 2.24) is 0 Å². The summed E-state index contributed by atoms with van der Waals surface area (Å²) >= 11 is 3.48. The number of hydrogen-bond acceptors (Lipinski definition) is 4. The Morgan fingerprint density at radius 2 is 1.64 bits per heavy atom. The van der Waals surface area contributed by atoms with E-state index in [1.54, 1.807) is 0 Å². The predicted molar refractivity (Wildman–Crippen MR) is 150 cm³/mol. The number of ether oxygens (including phenoxy) is 1. The Balaban J connectivity index is 3.04. The van der Waals surface area contributed by atoms with Crippen LogP contribution in [0.25, 0.3) is 0 Å². The molecule has 0 saturated carbocycles. The summed E-state index contributed by atoms with van der Waals surface area (Å²) in [5.74, 6) is 0.155. The van der Waals surface area contributed by atoms with E-state index < -0.39 is 16.6 Å². The molecule has 1 fully saturated rings. The summed E-state index contributed by atoms with van der Waals surface area (Å²) in [6, 6.07) is 3.31. The van der Waals surface area contributed by atoms with Crippen molar-refractivity contribution in [2.45, 2.75) is 128 Å². The highest BCUT2D eigenvalue weighted by atomic mass is 79.9. The van der Waals surface area contributed by atoms with Crippen molar-refractivity contribution < 1.29 is 18.7 Å². The molecule has 1 rings (SSSR count). The second-order valence-corrected chi connectivity index (χ2v) is 21.9. The van der Waals surface area contributed by atoms with Crippen LogP contribution in [0.5, 0.6) is 0 Å². The summed E-state index contributed by atoms with van der Waals surface area (Å²) in [4.78, 5) is 0. The molecule has 0 unspecified atom stereocenters. The van der Waals surface area contributed by atoms with Gasteiger partial charge in [0, 0.05) is 18.9 Å². The van der Waals surface area contributed by atoms with Gasteiger partial charge in [-0.3, -0.25) is 0 Å². The lowest BCUT2D eigenvalue weighted by atomic mass is 9.90. The average Bonchev–Trinajstić information content (AvgIpc) is 3.47. The maximum Gasteiger partial charge on any atom is 0.192 e. The molecular formula is C26H51BrO4Si2. The highest BCUT2D eigenvalue weighted by Crippen LogP contribution is 2.43. The molecular weight excluding hydrogens is 512 g/mol. The maximum absolute atomic E-state index is 9.78. The Morgan fingerprint density at radius 1 is 1.09 bits per heavy atom. The normalized spacial score (nSPS) is 22.0. The van der Waals surface area contributed by atoms with Gasteiger partial charge in [0.25, 0.3) is 0 Å². The Morgan fingerprint density at radius 3 is 2.06 bits per heavy atom. The third-order valence-corrected chi connectivity index (χ3v) is 17.6. The van der Waals surface area contributed by atoms with Crippen molar-refractivity contribution in [3.8, 4) is 0 Å². The molecule has 1 aliphatic heterocycles. The van der Waals surface area contributed by atoms with Crippen LogP contribution in [0.4, 0.5) is 0 Å². The molecule has 7 heteroatoms. The van der Waals surface area contributed by atoms with Gasteiger partial charge in [-0.05, 0) is 53.6 Å². The molecule has 5 atom stereocenters. The largest absolute Gasteiger partial charge is 0.413 e. The van der Waals surface area contributed by atoms with Crippen LogP contribution >= 0.6 is 15.9 Å². The van der Waals surface area contributed by atoms with Crippen molar-refractivity contribution >= 4 is 32.6 Å². The molecule has 194 valence electrons. The SMILES string of the molecule is C=C(Br)C[C@H]1O[C@H]1[C@H](CC(=C)[C@@H](C)[C@@H](CCO)O[Si](CC)(CC)CC)O[Si](C)(C)C(C)(C)C. The van der Waals surface area contributed by atoms with Gasteiger partial charge >= 0.3 is 0 Å². The van der Waals surface area contributed by atoms with E-state index in [1.165, 1.54) is 0 Å². The van der Waals surface area contributed by atoms with E-state index in [0.29, 0.717) is 6.42 Å². The molecule has 1 heterocycles. The number of rotatable bonds is 16. The van der Waals surface area contributed by atoms with Crippen LogP contribution in [-0.4, -0.2) is 52.8 Å². The van der Waals surface area contributed by atoms with Gasteiger partial charge in [0.2, 0.25) is 0 Å². The van der Waals surface area contributed by atoms with Gasteiger partial charge < -0.3 is 18.7 Å². The standard InChI is InChI=1S/C26H51BrO4Si2/c1-12-33(13-2,14-3)31-22(15-16-28)21(6)19(4)17-24(25-23(29-25)18-20(5)27)30-32(10,11)26(7,8)9/h21-25,28H,4-5,12-18H2,1-3,6-11H3/t21-,22-,23-,24+,25-/m1/s1. The topological polar surface area (TPSA) is 51.2 Å². The van der Waals surface area contributed by atoms with E-state index in [4.69, 9.17) is 13.6 Å². The van der Waals surface area contributed by atoms with E-state index in [1.807, 2.05) is 0 Å². The van der Waals surface area contributed by atoms with Crippen molar-refractivity contribution in [3.05, 3.63) is 23.2 Å². The molecule has 0 amide bonds. The fourth-order valence-electron chi connectivity index (χ4n) is 4.21. The maximum atomic E-state index is 9.78. The molecule has 1 N–H and O–H groups in total. The second-order valence-electron chi connectivity index (χ2n) is 11.3. The zero-order valence-corrected chi connectivity index (χ0v) is 26.4. The lowest BCUT2D eigenvalue weighted by Gasteiger charge is -2.40. The fraction of sp³-hybridized carbons (Fsp3) is 0.846. The Bertz CT molecular complexity index is 634. The summed E-state index contributed by atoms with van der Waals surface area (Å²) in [5, 5.41) is 9.90. The summed E-state index contributed by atoms with van der Waals surface area (Å²) in [6.45, 7) is 29.0. The van der Waals surface area contributed by atoms with Gasteiger partial charge in [-0.15, -0.1) is 0 Å². The van der Waals surface area contributed by atoms with Crippen LogP contribution in [-0.2, 0) is 13.6 Å².